The van der Waals surface area contributed by atoms with Gasteiger partial charge < -0.3 is 24.4 Å². The van der Waals surface area contributed by atoms with E-state index in [1.807, 2.05) is 67.8 Å². The fourth-order valence-corrected chi connectivity index (χ4v) is 4.93. The second-order valence-corrected chi connectivity index (χ2v) is 10.7. The third-order valence-electron chi connectivity index (χ3n) is 6.87. The van der Waals surface area contributed by atoms with Crippen molar-refractivity contribution in [2.24, 2.45) is 0 Å². The number of nitrogens with zero attached hydrogens (tertiary/aromatic N) is 4. The van der Waals surface area contributed by atoms with E-state index in [0.29, 0.717) is 30.7 Å². The van der Waals surface area contributed by atoms with Crippen LogP contribution in [0, 0.1) is 0 Å². The Morgan fingerprint density at radius 3 is 2.44 bits per heavy atom. The molecule has 1 saturated heterocycles. The molecule has 1 amide bonds. The lowest BCUT2D eigenvalue weighted by Gasteiger charge is -2.33. The van der Waals surface area contributed by atoms with Gasteiger partial charge in [0.1, 0.15) is 17.1 Å². The second-order valence-electron chi connectivity index (χ2n) is 10.7. The smallest absolute Gasteiger partial charge is 0.410 e. The van der Waals surface area contributed by atoms with E-state index in [2.05, 4.69) is 22.4 Å². The van der Waals surface area contributed by atoms with E-state index in [1.165, 1.54) is 5.56 Å². The highest BCUT2D eigenvalue weighted by atomic mass is 16.6. The van der Waals surface area contributed by atoms with E-state index in [9.17, 15) is 4.79 Å². The Hall–Kier alpha value is -4.27. The molecule has 39 heavy (non-hydrogen) atoms. The highest BCUT2D eigenvalue weighted by Crippen LogP contribution is 2.35. The Balaban J connectivity index is 1.32. The number of likely N-dealkylation sites (tertiary alicyclic amines) is 1. The van der Waals surface area contributed by atoms with Gasteiger partial charge in [-0.15, -0.1) is 5.10 Å². The number of aromatic nitrogens is 3. The van der Waals surface area contributed by atoms with Crippen molar-refractivity contribution in [2.75, 3.05) is 32.6 Å². The number of para-hydroxylation sites is 1. The van der Waals surface area contributed by atoms with Gasteiger partial charge in [-0.3, -0.25) is 0 Å². The molecule has 1 N–H and O–H groups in total. The van der Waals surface area contributed by atoms with Crippen LogP contribution in [0.4, 0.5) is 16.4 Å². The summed E-state index contributed by atoms with van der Waals surface area (Å²) in [6.07, 6.45) is 3.28. The zero-order valence-electron chi connectivity index (χ0n) is 23.1. The van der Waals surface area contributed by atoms with Crippen LogP contribution in [0.2, 0.25) is 0 Å². The Kier molecular flexibility index (Phi) is 7.32. The monoisotopic (exact) mass is 529 g/mol. The van der Waals surface area contributed by atoms with Gasteiger partial charge in [-0.05, 0) is 81.5 Å². The fourth-order valence-electron chi connectivity index (χ4n) is 4.93. The number of carbonyl (C=O) groups is 1. The van der Waals surface area contributed by atoms with Crippen LogP contribution in [0.25, 0.3) is 16.8 Å². The molecule has 0 radical (unpaired) electrons. The number of ether oxygens (including phenoxy) is 3. The maximum Gasteiger partial charge on any atom is 0.410 e. The van der Waals surface area contributed by atoms with Crippen LogP contribution >= 0.6 is 0 Å². The maximum absolute atomic E-state index is 12.4. The number of benzene rings is 2. The van der Waals surface area contributed by atoms with E-state index in [1.54, 1.807) is 25.3 Å². The average Bonchev–Trinajstić information content (AvgIpc) is 3.35. The summed E-state index contributed by atoms with van der Waals surface area (Å²) < 4.78 is 18.7. The minimum atomic E-state index is -0.490. The van der Waals surface area contributed by atoms with Gasteiger partial charge in [0.05, 0.1) is 37.3 Å². The number of amides is 1. The minimum absolute atomic E-state index is 0.244. The van der Waals surface area contributed by atoms with Crippen LogP contribution in [0.15, 0.2) is 60.8 Å². The molecule has 4 aromatic rings. The van der Waals surface area contributed by atoms with Crippen molar-refractivity contribution in [1.29, 1.82) is 0 Å². The van der Waals surface area contributed by atoms with E-state index in [4.69, 9.17) is 19.3 Å². The zero-order valence-corrected chi connectivity index (χ0v) is 23.1. The van der Waals surface area contributed by atoms with Crippen LogP contribution in [-0.2, 0) is 4.74 Å². The summed E-state index contributed by atoms with van der Waals surface area (Å²) in [7, 11) is 3.32. The molecule has 9 heteroatoms. The number of nitrogens with one attached hydrogen (secondary N) is 1. The molecule has 0 saturated carbocycles. The Labute approximate surface area is 228 Å². The standard InChI is InChI=1S/C30H35N5O4/c1-30(2,3)39-29(36)34-16-14-20(15-17-34)21-10-12-24(27(18-21)38-5)32-28-31-19-22-11-13-25(35(22)33-28)23-8-6-7-9-26(23)37-4/h6-13,18-20H,14-17H2,1-5H3,(H,32,33). The van der Waals surface area contributed by atoms with Crippen molar-refractivity contribution < 1.29 is 19.0 Å². The molecule has 1 aliphatic heterocycles. The van der Waals surface area contributed by atoms with Crippen molar-refractivity contribution in [3.63, 3.8) is 0 Å². The Morgan fingerprint density at radius 1 is 0.974 bits per heavy atom. The third-order valence-corrected chi connectivity index (χ3v) is 6.87. The van der Waals surface area contributed by atoms with Crippen LogP contribution in [-0.4, -0.2) is 58.5 Å². The molecule has 204 valence electrons. The number of carbonyl (C=O) groups excluding carboxylic acids is 1. The van der Waals surface area contributed by atoms with Crippen LogP contribution in [0.3, 0.4) is 0 Å². The lowest BCUT2D eigenvalue weighted by molar-refractivity contribution is 0.0205. The first-order valence-electron chi connectivity index (χ1n) is 13.2. The van der Waals surface area contributed by atoms with E-state index in [0.717, 1.165) is 41.1 Å². The first kappa shape index (κ1) is 26.3. The zero-order chi connectivity index (χ0) is 27.6. The fraction of sp³-hybridized carbons (Fsp3) is 0.367. The van der Waals surface area contributed by atoms with E-state index >= 15 is 0 Å². The van der Waals surface area contributed by atoms with Crippen LogP contribution < -0.4 is 14.8 Å². The van der Waals surface area contributed by atoms with Gasteiger partial charge in [-0.25, -0.2) is 14.3 Å². The first-order chi connectivity index (χ1) is 18.8. The maximum atomic E-state index is 12.4. The number of anilines is 2. The van der Waals surface area contributed by atoms with Crippen LogP contribution in [0.5, 0.6) is 11.5 Å². The van der Waals surface area contributed by atoms with E-state index in [-0.39, 0.29) is 6.09 Å². The summed E-state index contributed by atoms with van der Waals surface area (Å²) in [6, 6.07) is 18.0. The summed E-state index contributed by atoms with van der Waals surface area (Å²) in [6.45, 7) is 7.00. The molecule has 5 rings (SSSR count). The highest BCUT2D eigenvalue weighted by Gasteiger charge is 2.28. The van der Waals surface area contributed by atoms with Crippen molar-refractivity contribution in [1.82, 2.24) is 19.5 Å². The molecule has 0 spiro atoms. The van der Waals surface area contributed by atoms with Gasteiger partial charge in [-0.1, -0.05) is 18.2 Å². The number of fused-ring (bicyclic) bond motifs is 1. The van der Waals surface area contributed by atoms with Crippen LogP contribution in [0.1, 0.15) is 45.1 Å². The lowest BCUT2D eigenvalue weighted by Crippen LogP contribution is -2.41. The van der Waals surface area contributed by atoms with Gasteiger partial charge in [0.25, 0.3) is 0 Å². The van der Waals surface area contributed by atoms with Gasteiger partial charge in [0.15, 0.2) is 0 Å². The second kappa shape index (κ2) is 10.8. The quantitative estimate of drug-likeness (QED) is 0.315. The molecule has 0 unspecified atom stereocenters. The number of piperidine rings is 1. The molecule has 0 bridgehead atoms. The molecule has 2 aromatic heterocycles. The van der Waals surface area contributed by atoms with Gasteiger partial charge >= 0.3 is 6.09 Å². The SMILES string of the molecule is COc1cc(C2CCN(C(=O)OC(C)(C)C)CC2)ccc1Nc1ncc2ccc(-c3ccccc3OC)n2n1. The molecule has 0 aliphatic carbocycles. The number of methoxy groups -OCH3 is 2. The molecule has 1 fully saturated rings. The highest BCUT2D eigenvalue weighted by molar-refractivity contribution is 5.72. The van der Waals surface area contributed by atoms with Gasteiger partial charge in [0.2, 0.25) is 5.95 Å². The van der Waals surface area contributed by atoms with Gasteiger partial charge in [0, 0.05) is 18.7 Å². The number of rotatable bonds is 6. The first-order valence-corrected chi connectivity index (χ1v) is 13.2. The van der Waals surface area contributed by atoms with Crippen molar-refractivity contribution in [3.05, 3.63) is 66.4 Å². The topological polar surface area (TPSA) is 90.2 Å². The molecule has 2 aromatic carbocycles. The molecule has 1 aliphatic rings. The summed E-state index contributed by atoms with van der Waals surface area (Å²) in [5.41, 5.74) is 4.20. The lowest BCUT2D eigenvalue weighted by atomic mass is 9.89. The minimum Gasteiger partial charge on any atom is -0.496 e. The summed E-state index contributed by atoms with van der Waals surface area (Å²) >= 11 is 0. The summed E-state index contributed by atoms with van der Waals surface area (Å²) in [5.74, 6) is 2.28. The summed E-state index contributed by atoms with van der Waals surface area (Å²) in [4.78, 5) is 18.7. The van der Waals surface area contributed by atoms with Crippen molar-refractivity contribution in [2.45, 2.75) is 45.1 Å². The van der Waals surface area contributed by atoms with Crippen molar-refractivity contribution in [3.8, 4) is 22.8 Å². The average molecular weight is 530 g/mol. The molecule has 0 atom stereocenters. The normalized spacial score (nSPS) is 14.3. The molecule has 9 nitrogen and oxygen atoms in total. The third kappa shape index (κ3) is 5.77. The van der Waals surface area contributed by atoms with Gasteiger partial charge in [-0.2, -0.15) is 0 Å². The number of hydrogen-bond donors (Lipinski definition) is 1. The number of hydrogen-bond acceptors (Lipinski definition) is 7. The molecular weight excluding hydrogens is 494 g/mol. The largest absolute Gasteiger partial charge is 0.496 e. The van der Waals surface area contributed by atoms with Crippen molar-refractivity contribution >= 4 is 23.2 Å². The predicted molar refractivity (Wildman–Crippen MR) is 151 cm³/mol. The predicted octanol–water partition coefficient (Wildman–Crippen LogP) is 6.27. The molecular formula is C30H35N5O4. The molecule has 3 heterocycles. The Morgan fingerprint density at radius 2 is 1.72 bits per heavy atom. The summed E-state index contributed by atoms with van der Waals surface area (Å²) in [5, 5.41) is 8.07. The Bertz CT molecular complexity index is 1470. The van der Waals surface area contributed by atoms with E-state index < -0.39 is 5.60 Å².